The summed E-state index contributed by atoms with van der Waals surface area (Å²) in [7, 11) is 0.138. The molecule has 120 valence electrons. The molecule has 0 aromatic carbocycles. The Labute approximate surface area is 130 Å². The molecule has 2 aromatic heterocycles. The van der Waals surface area contributed by atoms with Gasteiger partial charge in [-0.2, -0.15) is 0 Å². The van der Waals surface area contributed by atoms with Crippen molar-refractivity contribution in [2.75, 3.05) is 23.5 Å². The van der Waals surface area contributed by atoms with Crippen LogP contribution in [0.2, 0.25) is 0 Å². The van der Waals surface area contributed by atoms with Gasteiger partial charge >= 0.3 is 0 Å². The first-order valence-corrected chi connectivity index (χ1v) is 9.03. The summed E-state index contributed by atoms with van der Waals surface area (Å²) in [4.78, 5) is 12.2. The third-order valence-corrected chi connectivity index (χ3v) is 5.82. The molecule has 1 aliphatic heterocycles. The van der Waals surface area contributed by atoms with Crippen LogP contribution in [-0.4, -0.2) is 65.8 Å². The van der Waals surface area contributed by atoms with Crippen molar-refractivity contribution in [1.82, 2.24) is 19.5 Å². The molecule has 2 aromatic rings. The zero-order valence-electron chi connectivity index (χ0n) is 12.5. The van der Waals surface area contributed by atoms with Crippen LogP contribution >= 0.6 is 0 Å². The molecular formula is C13H20N5O3S+. The molecule has 1 saturated heterocycles. The molecule has 4 N–H and O–H groups in total. The Morgan fingerprint density at radius 1 is 1.32 bits per heavy atom. The van der Waals surface area contributed by atoms with Gasteiger partial charge in [-0.05, 0) is 17.8 Å². The van der Waals surface area contributed by atoms with Crippen LogP contribution in [0.5, 0.6) is 0 Å². The Hall–Kier alpha value is -1.42. The summed E-state index contributed by atoms with van der Waals surface area (Å²) in [6.45, 7) is 2.10. The van der Waals surface area contributed by atoms with E-state index in [-0.39, 0.29) is 16.7 Å². The Kier molecular flexibility index (Phi) is 4.22. The minimum Gasteiger partial charge on any atom is -0.387 e. The Morgan fingerprint density at radius 2 is 2.09 bits per heavy atom. The summed E-state index contributed by atoms with van der Waals surface area (Å²) < 4.78 is 7.48. The van der Waals surface area contributed by atoms with Crippen molar-refractivity contribution in [1.29, 1.82) is 0 Å². The lowest BCUT2D eigenvalue weighted by atomic mass is 10.1. The highest BCUT2D eigenvalue weighted by molar-refractivity contribution is 7.96. The molecule has 0 saturated carbocycles. The lowest BCUT2D eigenvalue weighted by molar-refractivity contribution is -0.0290. The predicted octanol–water partition coefficient (Wildman–Crippen LogP) is -0.704. The SMILES string of the molecule is CC[S+](C)C[C@H]1O[C@@H](n2cnc3c(N)ncnc32)[C@H](O)[C@@H]1O. The third-order valence-electron chi connectivity index (χ3n) is 3.94. The zero-order valence-corrected chi connectivity index (χ0v) is 13.3. The molecule has 5 atom stereocenters. The Morgan fingerprint density at radius 3 is 2.82 bits per heavy atom. The Bertz CT molecular complexity index is 666. The van der Waals surface area contributed by atoms with Crippen molar-refractivity contribution in [3.8, 4) is 0 Å². The second-order valence-electron chi connectivity index (χ2n) is 5.37. The smallest absolute Gasteiger partial charge is 0.167 e. The summed E-state index contributed by atoms with van der Waals surface area (Å²) in [6, 6.07) is 0. The lowest BCUT2D eigenvalue weighted by Crippen LogP contribution is -2.35. The summed E-state index contributed by atoms with van der Waals surface area (Å²) in [5, 5.41) is 20.6. The second kappa shape index (κ2) is 5.99. The number of nitrogens with two attached hydrogens (primary N) is 1. The minimum absolute atomic E-state index is 0.138. The number of aliphatic hydroxyl groups excluding tert-OH is 2. The van der Waals surface area contributed by atoms with E-state index in [4.69, 9.17) is 10.5 Å². The predicted molar refractivity (Wildman–Crippen MR) is 84.4 cm³/mol. The van der Waals surface area contributed by atoms with E-state index in [0.717, 1.165) is 11.5 Å². The number of nitrogen functional groups attached to an aromatic ring is 1. The third kappa shape index (κ3) is 2.54. The highest BCUT2D eigenvalue weighted by atomic mass is 32.2. The van der Waals surface area contributed by atoms with Gasteiger partial charge in [-0.25, -0.2) is 15.0 Å². The molecule has 1 unspecified atom stereocenters. The summed E-state index contributed by atoms with van der Waals surface area (Å²) >= 11 is 0. The van der Waals surface area contributed by atoms with E-state index in [2.05, 4.69) is 28.1 Å². The molecule has 0 spiro atoms. The quantitative estimate of drug-likeness (QED) is 0.635. The molecule has 3 rings (SSSR count). The van der Waals surface area contributed by atoms with Gasteiger partial charge in [0.1, 0.15) is 41.7 Å². The number of fused-ring (bicyclic) bond motifs is 1. The van der Waals surface area contributed by atoms with E-state index in [1.165, 1.54) is 12.7 Å². The van der Waals surface area contributed by atoms with Crippen molar-refractivity contribution in [3.63, 3.8) is 0 Å². The molecule has 0 radical (unpaired) electrons. The van der Waals surface area contributed by atoms with Crippen LogP contribution in [0, 0.1) is 0 Å². The van der Waals surface area contributed by atoms with Crippen molar-refractivity contribution in [2.24, 2.45) is 0 Å². The molecular weight excluding hydrogens is 306 g/mol. The largest absolute Gasteiger partial charge is 0.387 e. The first-order valence-electron chi connectivity index (χ1n) is 7.06. The van der Waals surface area contributed by atoms with E-state index in [9.17, 15) is 10.2 Å². The number of hydrogen-bond acceptors (Lipinski definition) is 7. The average molecular weight is 326 g/mol. The number of ether oxygens (including phenoxy) is 1. The monoisotopic (exact) mass is 326 g/mol. The number of aliphatic hydroxyl groups is 2. The van der Waals surface area contributed by atoms with E-state index < -0.39 is 24.5 Å². The van der Waals surface area contributed by atoms with E-state index in [1.807, 2.05) is 0 Å². The first kappa shape index (κ1) is 15.5. The summed E-state index contributed by atoms with van der Waals surface area (Å²) in [5.74, 6) is 2.01. The fourth-order valence-electron chi connectivity index (χ4n) is 2.55. The second-order valence-corrected chi connectivity index (χ2v) is 7.84. The maximum atomic E-state index is 10.3. The molecule has 1 aliphatic rings. The van der Waals surface area contributed by atoms with Crippen molar-refractivity contribution in [2.45, 2.75) is 31.5 Å². The molecule has 0 bridgehead atoms. The van der Waals surface area contributed by atoms with Gasteiger partial charge in [-0.3, -0.25) is 4.57 Å². The number of rotatable bonds is 4. The lowest BCUT2D eigenvalue weighted by Gasteiger charge is -2.16. The normalized spacial score (nSPS) is 30.0. The number of anilines is 1. The number of hydrogen-bond donors (Lipinski definition) is 3. The van der Waals surface area contributed by atoms with Gasteiger partial charge in [0.05, 0.1) is 12.6 Å². The Balaban J connectivity index is 1.89. The van der Waals surface area contributed by atoms with Crippen LogP contribution in [-0.2, 0) is 15.6 Å². The standard InChI is InChI=1S/C13H20N5O3S/c1-3-22(2)4-7-9(19)10(20)13(21-7)18-6-17-8-11(14)15-5-16-12(8)18/h5-7,9-10,13,19-20H,3-4H2,1-2H3,(H2,14,15,16)/q+1/t7-,9-,10-,13-,22?/m1/s1. The van der Waals surface area contributed by atoms with Crippen LogP contribution in [0.1, 0.15) is 13.2 Å². The van der Waals surface area contributed by atoms with E-state index in [1.54, 1.807) is 4.57 Å². The minimum atomic E-state index is -1.03. The highest BCUT2D eigenvalue weighted by Gasteiger charge is 2.46. The van der Waals surface area contributed by atoms with Crippen LogP contribution in [0.25, 0.3) is 11.2 Å². The molecule has 0 aliphatic carbocycles. The molecule has 8 nitrogen and oxygen atoms in total. The van der Waals surface area contributed by atoms with Crippen LogP contribution < -0.4 is 5.73 Å². The van der Waals surface area contributed by atoms with Gasteiger partial charge in [-0.15, -0.1) is 0 Å². The van der Waals surface area contributed by atoms with Gasteiger partial charge in [0.25, 0.3) is 0 Å². The van der Waals surface area contributed by atoms with Crippen LogP contribution in [0.3, 0.4) is 0 Å². The average Bonchev–Trinajstić information content (AvgIpc) is 3.05. The molecule has 0 amide bonds. The molecule has 1 fully saturated rings. The van der Waals surface area contributed by atoms with Gasteiger partial charge in [0, 0.05) is 0 Å². The number of imidazole rings is 1. The van der Waals surface area contributed by atoms with Gasteiger partial charge in [0.2, 0.25) is 0 Å². The number of aromatic nitrogens is 4. The molecule has 22 heavy (non-hydrogen) atoms. The topological polar surface area (TPSA) is 119 Å². The number of nitrogens with zero attached hydrogens (tertiary/aromatic N) is 4. The fourth-order valence-corrected chi connectivity index (χ4v) is 3.62. The molecule has 9 heteroatoms. The summed E-state index contributed by atoms with van der Waals surface area (Å²) in [5.41, 5.74) is 6.70. The summed E-state index contributed by atoms with van der Waals surface area (Å²) in [6.07, 6.45) is 1.88. The van der Waals surface area contributed by atoms with Crippen molar-refractivity contribution in [3.05, 3.63) is 12.7 Å². The van der Waals surface area contributed by atoms with Gasteiger partial charge < -0.3 is 20.7 Å². The maximum Gasteiger partial charge on any atom is 0.167 e. The van der Waals surface area contributed by atoms with E-state index in [0.29, 0.717) is 11.2 Å². The first-order chi connectivity index (χ1) is 10.5. The zero-order chi connectivity index (χ0) is 15.9. The van der Waals surface area contributed by atoms with Gasteiger partial charge in [-0.1, -0.05) is 0 Å². The molecule has 3 heterocycles. The van der Waals surface area contributed by atoms with Crippen molar-refractivity contribution < 1.29 is 14.9 Å². The van der Waals surface area contributed by atoms with E-state index >= 15 is 0 Å². The fraction of sp³-hybridized carbons (Fsp3) is 0.615. The van der Waals surface area contributed by atoms with Crippen LogP contribution in [0.4, 0.5) is 5.82 Å². The maximum absolute atomic E-state index is 10.3. The van der Waals surface area contributed by atoms with Gasteiger partial charge in [0.15, 0.2) is 17.7 Å². The van der Waals surface area contributed by atoms with Crippen molar-refractivity contribution >= 4 is 27.9 Å². The van der Waals surface area contributed by atoms with Crippen LogP contribution in [0.15, 0.2) is 12.7 Å². The highest BCUT2D eigenvalue weighted by Crippen LogP contribution is 2.32.